The minimum Gasteiger partial charge on any atom is -0.382 e. The highest BCUT2D eigenvalue weighted by Crippen LogP contribution is 2.39. The van der Waals surface area contributed by atoms with Gasteiger partial charge in [-0.05, 0) is 6.07 Å². The molecule has 0 bridgehead atoms. The summed E-state index contributed by atoms with van der Waals surface area (Å²) in [6.45, 7) is 1.26. The molecule has 162 valence electrons. The Bertz CT molecular complexity index is 1030. The molecule has 1 aromatic carbocycles. The van der Waals surface area contributed by atoms with Gasteiger partial charge in [-0.1, -0.05) is 13.0 Å². The van der Waals surface area contributed by atoms with Crippen molar-refractivity contribution in [2.45, 2.75) is 25.0 Å². The van der Waals surface area contributed by atoms with Crippen LogP contribution in [0.15, 0.2) is 43.4 Å². The first-order valence-corrected chi connectivity index (χ1v) is 9.72. The molecule has 0 saturated heterocycles. The van der Waals surface area contributed by atoms with E-state index in [0.717, 1.165) is 24.7 Å². The molecule has 2 heterocycles. The average molecular weight is 447 g/mol. The van der Waals surface area contributed by atoms with E-state index in [4.69, 9.17) is 19.2 Å². The minimum atomic E-state index is -4.64. The predicted molar refractivity (Wildman–Crippen MR) is 94.9 cm³/mol. The fraction of sp³-hybridized carbons (Fsp3) is 0.250. The van der Waals surface area contributed by atoms with E-state index in [1.165, 1.54) is 24.3 Å². The summed E-state index contributed by atoms with van der Waals surface area (Å²) in [4.78, 5) is 32.8. The Balaban J connectivity index is 0.000000575. The topological polar surface area (TPSA) is 154 Å². The SMILES string of the molecule is C[C@@H](c1ncncc1F)[C@](O)(Cn1cncn1)c1ccc(F)cc1F.O=P(O)(O)O. The Morgan fingerprint density at radius 1 is 1.13 bits per heavy atom. The van der Waals surface area contributed by atoms with Gasteiger partial charge in [0.05, 0.1) is 18.4 Å². The van der Waals surface area contributed by atoms with E-state index >= 15 is 0 Å². The normalized spacial score (nSPS) is 14.4. The molecule has 14 heteroatoms. The molecule has 0 aliphatic carbocycles. The summed E-state index contributed by atoms with van der Waals surface area (Å²) in [6, 6.07) is 2.80. The van der Waals surface area contributed by atoms with Gasteiger partial charge in [0.1, 0.15) is 36.2 Å². The highest BCUT2D eigenvalue weighted by atomic mass is 31.2. The molecule has 0 fully saturated rings. The van der Waals surface area contributed by atoms with Crippen molar-refractivity contribution in [2.24, 2.45) is 0 Å². The summed E-state index contributed by atoms with van der Waals surface area (Å²) >= 11 is 0. The van der Waals surface area contributed by atoms with Gasteiger partial charge in [0.2, 0.25) is 0 Å². The van der Waals surface area contributed by atoms with Gasteiger partial charge in [0.15, 0.2) is 5.82 Å². The summed E-state index contributed by atoms with van der Waals surface area (Å²) in [6.07, 6.45) is 4.66. The maximum atomic E-state index is 14.4. The summed E-state index contributed by atoms with van der Waals surface area (Å²) < 4.78 is 51.9. The molecule has 0 saturated carbocycles. The van der Waals surface area contributed by atoms with Crippen molar-refractivity contribution in [3.8, 4) is 0 Å². The molecule has 3 aromatic rings. The first-order chi connectivity index (χ1) is 13.9. The maximum Gasteiger partial charge on any atom is 0.466 e. The molecule has 2 aromatic heterocycles. The van der Waals surface area contributed by atoms with Crippen LogP contribution in [0.25, 0.3) is 0 Å². The number of halogens is 3. The van der Waals surface area contributed by atoms with E-state index < -0.39 is 36.8 Å². The zero-order chi connectivity index (χ0) is 22.5. The van der Waals surface area contributed by atoms with Gasteiger partial charge in [-0.25, -0.2) is 37.4 Å². The maximum absolute atomic E-state index is 14.4. The van der Waals surface area contributed by atoms with Gasteiger partial charge in [-0.2, -0.15) is 5.10 Å². The Kier molecular flexibility index (Phi) is 7.39. The van der Waals surface area contributed by atoms with Crippen LogP contribution in [0.3, 0.4) is 0 Å². The standard InChI is InChI=1S/C16H14F3N5O.H3O4P/c1-10(15-14(19)5-20-7-22-15)16(25,6-24-9-21-8-23-24)12-3-2-11(17)4-13(12)18;1-5(2,3)4/h2-5,7-10,25H,6H2,1H3;(H3,1,2,3,4)/t10-,16+;/m0./s1. The van der Waals surface area contributed by atoms with E-state index in [2.05, 4.69) is 20.1 Å². The van der Waals surface area contributed by atoms with E-state index in [9.17, 15) is 18.3 Å². The Hall–Kier alpha value is -2.70. The molecular formula is C16H17F3N5O5P. The molecule has 4 N–H and O–H groups in total. The fourth-order valence-electron chi connectivity index (χ4n) is 2.72. The third kappa shape index (κ3) is 6.15. The van der Waals surface area contributed by atoms with Gasteiger partial charge in [0.25, 0.3) is 0 Å². The van der Waals surface area contributed by atoms with Crippen molar-refractivity contribution in [1.29, 1.82) is 0 Å². The van der Waals surface area contributed by atoms with Gasteiger partial charge < -0.3 is 19.8 Å². The fourth-order valence-corrected chi connectivity index (χ4v) is 2.72. The Labute approximate surface area is 168 Å². The Morgan fingerprint density at radius 3 is 2.33 bits per heavy atom. The first-order valence-electron chi connectivity index (χ1n) is 8.16. The van der Waals surface area contributed by atoms with Crippen LogP contribution in [0, 0.1) is 17.5 Å². The van der Waals surface area contributed by atoms with Crippen LogP contribution in [0.1, 0.15) is 24.1 Å². The number of benzene rings is 1. The van der Waals surface area contributed by atoms with Gasteiger partial charge in [0, 0.05) is 17.5 Å². The predicted octanol–water partition coefficient (Wildman–Crippen LogP) is 1.25. The lowest BCUT2D eigenvalue weighted by molar-refractivity contribution is -0.0133. The van der Waals surface area contributed by atoms with Gasteiger partial charge in [-0.15, -0.1) is 0 Å². The van der Waals surface area contributed by atoms with Crippen molar-refractivity contribution >= 4 is 7.82 Å². The Morgan fingerprint density at radius 2 is 1.80 bits per heavy atom. The lowest BCUT2D eigenvalue weighted by Crippen LogP contribution is -2.39. The van der Waals surface area contributed by atoms with E-state index in [-0.39, 0.29) is 17.8 Å². The molecule has 30 heavy (non-hydrogen) atoms. The lowest BCUT2D eigenvalue weighted by Gasteiger charge is -2.34. The van der Waals surface area contributed by atoms with Crippen molar-refractivity contribution < 1.29 is 37.5 Å². The van der Waals surface area contributed by atoms with Crippen LogP contribution in [0.4, 0.5) is 13.2 Å². The van der Waals surface area contributed by atoms with Crippen molar-refractivity contribution in [1.82, 2.24) is 24.7 Å². The number of aromatic nitrogens is 5. The second-order valence-corrected chi connectivity index (χ2v) is 7.16. The highest BCUT2D eigenvalue weighted by molar-refractivity contribution is 7.45. The quantitative estimate of drug-likeness (QED) is 0.423. The summed E-state index contributed by atoms with van der Waals surface area (Å²) in [5, 5.41) is 15.2. The van der Waals surface area contributed by atoms with Crippen LogP contribution in [0.5, 0.6) is 0 Å². The molecule has 0 unspecified atom stereocenters. The van der Waals surface area contributed by atoms with Crippen LogP contribution in [-0.4, -0.2) is 44.5 Å². The third-order valence-corrected chi connectivity index (χ3v) is 4.09. The first kappa shape index (κ1) is 23.6. The van der Waals surface area contributed by atoms with Crippen LogP contribution >= 0.6 is 7.82 Å². The zero-order valence-corrected chi connectivity index (χ0v) is 16.2. The number of rotatable bonds is 5. The third-order valence-electron chi connectivity index (χ3n) is 4.09. The van der Waals surface area contributed by atoms with E-state index in [1.807, 2.05) is 0 Å². The number of nitrogens with zero attached hydrogens (tertiary/aromatic N) is 5. The number of hydrogen-bond donors (Lipinski definition) is 4. The van der Waals surface area contributed by atoms with Crippen LogP contribution in [-0.2, 0) is 16.7 Å². The monoisotopic (exact) mass is 447 g/mol. The molecule has 3 rings (SSSR count). The molecule has 0 radical (unpaired) electrons. The molecule has 0 spiro atoms. The minimum absolute atomic E-state index is 0.0960. The van der Waals surface area contributed by atoms with Crippen molar-refractivity contribution in [3.63, 3.8) is 0 Å². The number of aliphatic hydroxyl groups is 1. The second kappa shape index (κ2) is 9.41. The number of phosphoric acid groups is 1. The zero-order valence-electron chi connectivity index (χ0n) is 15.3. The van der Waals surface area contributed by atoms with Gasteiger partial charge >= 0.3 is 7.82 Å². The second-order valence-electron chi connectivity index (χ2n) is 6.13. The van der Waals surface area contributed by atoms with E-state index in [1.54, 1.807) is 0 Å². The van der Waals surface area contributed by atoms with Crippen molar-refractivity contribution in [3.05, 3.63) is 72.1 Å². The molecule has 0 aliphatic heterocycles. The van der Waals surface area contributed by atoms with Crippen LogP contribution in [0.2, 0.25) is 0 Å². The molecular weight excluding hydrogens is 430 g/mol. The number of hydrogen-bond acceptors (Lipinski definition) is 6. The summed E-state index contributed by atoms with van der Waals surface area (Å²) in [5.74, 6) is -3.47. The summed E-state index contributed by atoms with van der Waals surface area (Å²) in [5.41, 5.74) is -2.25. The summed E-state index contributed by atoms with van der Waals surface area (Å²) in [7, 11) is -4.64. The van der Waals surface area contributed by atoms with Gasteiger partial charge in [-0.3, -0.25) is 0 Å². The van der Waals surface area contributed by atoms with E-state index in [0.29, 0.717) is 6.07 Å². The molecule has 10 nitrogen and oxygen atoms in total. The van der Waals surface area contributed by atoms with Crippen LogP contribution < -0.4 is 0 Å². The highest BCUT2D eigenvalue weighted by Gasteiger charge is 2.41. The lowest BCUT2D eigenvalue weighted by atomic mass is 9.79. The smallest absolute Gasteiger partial charge is 0.382 e. The molecule has 0 aliphatic rings. The largest absolute Gasteiger partial charge is 0.466 e. The molecule has 0 amide bonds. The average Bonchev–Trinajstić information content (AvgIpc) is 3.12. The molecule has 2 atom stereocenters. The van der Waals surface area contributed by atoms with Crippen molar-refractivity contribution in [2.75, 3.05) is 0 Å².